The van der Waals surface area contributed by atoms with Crippen LogP contribution in [0.1, 0.15) is 86.7 Å². The Morgan fingerprint density at radius 3 is 2.20 bits per heavy atom. The van der Waals surface area contributed by atoms with Crippen molar-refractivity contribution in [2.24, 2.45) is 0 Å². The maximum absolute atomic E-state index is 13.2. The van der Waals surface area contributed by atoms with Gasteiger partial charge in [0.05, 0.1) is 12.2 Å². The number of carbonyl (C=O) groups is 2. The van der Waals surface area contributed by atoms with Gasteiger partial charge in [0.1, 0.15) is 17.2 Å². The second kappa shape index (κ2) is 18.4. The minimum Gasteiger partial charge on any atom is -0.506 e. The van der Waals surface area contributed by atoms with Crippen LogP contribution in [-0.2, 0) is 17.6 Å². The van der Waals surface area contributed by atoms with E-state index in [1.807, 2.05) is 24.3 Å². The third-order valence-electron chi connectivity index (χ3n) is 8.00. The first kappa shape index (κ1) is 34.4. The highest BCUT2D eigenvalue weighted by molar-refractivity contribution is 6.06. The van der Waals surface area contributed by atoms with Crippen molar-refractivity contribution in [3.05, 3.63) is 95.6 Å². The average Bonchev–Trinajstić information content (AvgIpc) is 3.07. The van der Waals surface area contributed by atoms with Crippen LogP contribution in [-0.4, -0.2) is 36.7 Å². The molecular weight excluding hydrogens is 576 g/mol. The largest absolute Gasteiger partial charge is 0.506 e. The molecule has 0 heterocycles. The summed E-state index contributed by atoms with van der Waals surface area (Å²) in [5.41, 5.74) is 3.44. The molecule has 244 valence electrons. The van der Waals surface area contributed by atoms with Gasteiger partial charge in [0.15, 0.2) is 6.61 Å². The second-order valence-corrected chi connectivity index (χ2v) is 11.7. The minimum absolute atomic E-state index is 0.101. The summed E-state index contributed by atoms with van der Waals surface area (Å²) in [5, 5.41) is 17.7. The molecule has 2 amide bonds. The van der Waals surface area contributed by atoms with Crippen LogP contribution in [0.5, 0.6) is 17.2 Å². The molecular formula is C39H48N2O5. The number of benzene rings is 4. The van der Waals surface area contributed by atoms with Crippen molar-refractivity contribution in [2.45, 2.75) is 78.1 Å². The van der Waals surface area contributed by atoms with Crippen LogP contribution >= 0.6 is 0 Å². The van der Waals surface area contributed by atoms with Crippen LogP contribution in [0.3, 0.4) is 0 Å². The molecule has 0 aliphatic carbocycles. The quantitative estimate of drug-likeness (QED) is 0.0908. The third kappa shape index (κ3) is 10.3. The number of phenols is 1. The zero-order valence-corrected chi connectivity index (χ0v) is 27.3. The van der Waals surface area contributed by atoms with Crippen molar-refractivity contribution in [2.75, 3.05) is 25.1 Å². The summed E-state index contributed by atoms with van der Waals surface area (Å²) in [6, 6.07) is 24.4. The van der Waals surface area contributed by atoms with Crippen molar-refractivity contribution in [3.8, 4) is 17.2 Å². The standard InChI is InChI=1S/C39H48N2O5/c1-3-5-8-16-29-22-23-35(30(26-29)17-9-6-4-2)45-25-15-14-24-40-39(44)34-27-36(32-20-12-13-21-33(32)38(34)43)46-28-37(42)41-31-18-10-7-11-19-31/h7,10-13,18-23,26-27,43H,3-6,8-9,14-17,24-25,28H2,1-2H3,(H,40,44)(H,41,42). The van der Waals surface area contributed by atoms with Gasteiger partial charge in [-0.25, -0.2) is 0 Å². The highest BCUT2D eigenvalue weighted by Crippen LogP contribution is 2.36. The Morgan fingerprint density at radius 2 is 1.43 bits per heavy atom. The van der Waals surface area contributed by atoms with E-state index in [0.717, 1.165) is 37.9 Å². The SMILES string of the molecule is CCCCCc1ccc(OCCCCNC(=O)c2cc(OCC(=O)Nc3ccccc3)c3ccccc3c2O)c(CCCCC)c1. The van der Waals surface area contributed by atoms with Gasteiger partial charge in [0, 0.05) is 23.0 Å². The molecule has 0 fully saturated rings. The predicted molar refractivity (Wildman–Crippen MR) is 186 cm³/mol. The Bertz CT molecular complexity index is 1550. The molecule has 0 unspecified atom stereocenters. The fourth-order valence-electron chi connectivity index (χ4n) is 5.46. The highest BCUT2D eigenvalue weighted by atomic mass is 16.5. The lowest BCUT2D eigenvalue weighted by Crippen LogP contribution is -2.25. The first-order valence-electron chi connectivity index (χ1n) is 16.7. The number of carbonyl (C=O) groups excluding carboxylic acids is 2. The molecule has 0 atom stereocenters. The van der Waals surface area contributed by atoms with Gasteiger partial charge in [0.2, 0.25) is 0 Å². The molecule has 0 radical (unpaired) electrons. The Balaban J connectivity index is 1.30. The number of para-hydroxylation sites is 1. The molecule has 0 aliphatic rings. The summed E-state index contributed by atoms with van der Waals surface area (Å²) < 4.78 is 12.1. The van der Waals surface area contributed by atoms with Crippen LogP contribution in [0.2, 0.25) is 0 Å². The Morgan fingerprint density at radius 1 is 0.717 bits per heavy atom. The first-order chi connectivity index (χ1) is 22.5. The van der Waals surface area contributed by atoms with Crippen LogP contribution in [0.4, 0.5) is 5.69 Å². The maximum Gasteiger partial charge on any atom is 0.262 e. The molecule has 0 aliphatic heterocycles. The summed E-state index contributed by atoms with van der Waals surface area (Å²) in [5.74, 6) is 0.463. The van der Waals surface area contributed by atoms with E-state index in [4.69, 9.17) is 9.47 Å². The van der Waals surface area contributed by atoms with Crippen molar-refractivity contribution >= 4 is 28.3 Å². The van der Waals surface area contributed by atoms with E-state index < -0.39 is 5.91 Å². The predicted octanol–water partition coefficient (Wildman–Crippen LogP) is 8.62. The van der Waals surface area contributed by atoms with E-state index in [9.17, 15) is 14.7 Å². The van der Waals surface area contributed by atoms with Gasteiger partial charge in [-0.1, -0.05) is 94.1 Å². The fourth-order valence-corrected chi connectivity index (χ4v) is 5.46. The molecule has 0 spiro atoms. The lowest BCUT2D eigenvalue weighted by molar-refractivity contribution is -0.118. The molecule has 0 saturated heterocycles. The molecule has 7 heteroatoms. The highest BCUT2D eigenvalue weighted by Gasteiger charge is 2.18. The molecule has 0 bridgehead atoms. The van der Waals surface area contributed by atoms with Crippen LogP contribution in [0.25, 0.3) is 10.8 Å². The van der Waals surface area contributed by atoms with E-state index in [1.54, 1.807) is 30.3 Å². The topological polar surface area (TPSA) is 96.9 Å². The number of aryl methyl sites for hydroxylation is 2. The van der Waals surface area contributed by atoms with Gasteiger partial charge in [0.25, 0.3) is 11.8 Å². The van der Waals surface area contributed by atoms with E-state index >= 15 is 0 Å². The lowest BCUT2D eigenvalue weighted by Gasteiger charge is -2.15. The number of amides is 2. The smallest absolute Gasteiger partial charge is 0.262 e. The van der Waals surface area contributed by atoms with Crippen molar-refractivity contribution in [3.63, 3.8) is 0 Å². The van der Waals surface area contributed by atoms with Gasteiger partial charge >= 0.3 is 0 Å². The van der Waals surface area contributed by atoms with Crippen molar-refractivity contribution in [1.29, 1.82) is 0 Å². The Kier molecular flexibility index (Phi) is 13.8. The van der Waals surface area contributed by atoms with Gasteiger partial charge in [-0.15, -0.1) is 0 Å². The normalized spacial score (nSPS) is 10.9. The Hall–Kier alpha value is -4.52. The van der Waals surface area contributed by atoms with E-state index in [0.29, 0.717) is 35.4 Å². The van der Waals surface area contributed by atoms with Gasteiger partial charge in [-0.3, -0.25) is 9.59 Å². The summed E-state index contributed by atoms with van der Waals surface area (Å²) >= 11 is 0. The van der Waals surface area contributed by atoms with Crippen LogP contribution < -0.4 is 20.1 Å². The van der Waals surface area contributed by atoms with E-state index in [2.05, 4.69) is 42.7 Å². The summed E-state index contributed by atoms with van der Waals surface area (Å²) in [4.78, 5) is 25.6. The third-order valence-corrected chi connectivity index (χ3v) is 8.00. The van der Waals surface area contributed by atoms with Crippen LogP contribution in [0, 0.1) is 0 Å². The molecule has 0 saturated carbocycles. The van der Waals surface area contributed by atoms with Gasteiger partial charge in [-0.2, -0.15) is 0 Å². The number of phenolic OH excluding ortho intramolecular Hbond substituents is 1. The van der Waals surface area contributed by atoms with Gasteiger partial charge in [-0.05, 0) is 73.9 Å². The number of ether oxygens (including phenoxy) is 2. The molecule has 3 N–H and O–H groups in total. The number of rotatable bonds is 19. The number of unbranched alkanes of at least 4 members (excludes halogenated alkanes) is 5. The molecule has 4 aromatic rings. The van der Waals surface area contributed by atoms with Crippen molar-refractivity contribution < 1.29 is 24.2 Å². The molecule has 0 aromatic heterocycles. The zero-order valence-electron chi connectivity index (χ0n) is 27.3. The first-order valence-corrected chi connectivity index (χ1v) is 16.7. The fraction of sp³-hybridized carbons (Fsp3) is 0.385. The molecule has 4 rings (SSSR count). The van der Waals surface area contributed by atoms with Crippen molar-refractivity contribution in [1.82, 2.24) is 5.32 Å². The summed E-state index contributed by atoms with van der Waals surface area (Å²) in [6.45, 7) is 5.21. The number of hydrogen-bond donors (Lipinski definition) is 3. The number of fused-ring (bicyclic) bond motifs is 1. The zero-order chi connectivity index (χ0) is 32.6. The molecule has 4 aromatic carbocycles. The number of aromatic hydroxyl groups is 1. The number of anilines is 1. The summed E-state index contributed by atoms with van der Waals surface area (Å²) in [6.07, 6.45) is 10.9. The molecule has 7 nitrogen and oxygen atoms in total. The van der Waals surface area contributed by atoms with E-state index in [1.165, 1.54) is 49.3 Å². The average molecular weight is 625 g/mol. The van der Waals surface area contributed by atoms with E-state index in [-0.39, 0.29) is 23.8 Å². The van der Waals surface area contributed by atoms with Crippen LogP contribution in [0.15, 0.2) is 78.9 Å². The second-order valence-electron chi connectivity index (χ2n) is 11.7. The summed E-state index contributed by atoms with van der Waals surface area (Å²) in [7, 11) is 0. The number of nitrogens with one attached hydrogen (secondary N) is 2. The lowest BCUT2D eigenvalue weighted by atomic mass is 10.00. The van der Waals surface area contributed by atoms with Gasteiger partial charge < -0.3 is 25.2 Å². The maximum atomic E-state index is 13.2. The number of hydrogen-bond acceptors (Lipinski definition) is 5. The molecule has 46 heavy (non-hydrogen) atoms. The monoisotopic (exact) mass is 624 g/mol. The Labute approximate surface area is 273 Å². The minimum atomic E-state index is -0.403.